The van der Waals surface area contributed by atoms with Crippen LogP contribution in [0.3, 0.4) is 0 Å². The molecule has 0 bridgehead atoms. The zero-order chi connectivity index (χ0) is 21.7. The molecule has 2 heterocycles. The van der Waals surface area contributed by atoms with Crippen molar-refractivity contribution in [3.8, 4) is 0 Å². The predicted molar refractivity (Wildman–Crippen MR) is 119 cm³/mol. The molecule has 7 nitrogen and oxygen atoms in total. The topological polar surface area (TPSA) is 92.3 Å². The minimum Gasteiger partial charge on any atom is -0.326 e. The third kappa shape index (κ3) is 5.39. The molecule has 1 aliphatic heterocycles. The number of rotatable bonds is 7. The largest absolute Gasteiger partial charge is 0.326 e. The van der Waals surface area contributed by atoms with Crippen LogP contribution in [-0.2, 0) is 21.2 Å². The average Bonchev–Trinajstić information content (AvgIpc) is 2.74. The molecule has 1 N–H and O–H groups in total. The van der Waals surface area contributed by atoms with E-state index in [9.17, 15) is 13.2 Å². The van der Waals surface area contributed by atoms with Crippen LogP contribution >= 0.6 is 11.8 Å². The monoisotopic (exact) mass is 448 g/mol. The number of benzene rings is 1. The van der Waals surface area contributed by atoms with E-state index in [1.807, 2.05) is 20.1 Å². The number of aryl methyl sites for hydroxylation is 2. The molecule has 0 saturated carbocycles. The molecule has 0 atom stereocenters. The fraction of sp³-hybridized carbons (Fsp3) is 0.476. The molecule has 1 fully saturated rings. The van der Waals surface area contributed by atoms with Crippen LogP contribution in [0.25, 0.3) is 0 Å². The van der Waals surface area contributed by atoms with Crippen molar-refractivity contribution in [3.05, 3.63) is 41.2 Å². The van der Waals surface area contributed by atoms with E-state index in [-0.39, 0.29) is 10.8 Å². The zero-order valence-corrected chi connectivity index (χ0v) is 19.3. The quantitative estimate of drug-likeness (QED) is 0.514. The summed E-state index contributed by atoms with van der Waals surface area (Å²) in [5, 5.41) is 3.57. The summed E-state index contributed by atoms with van der Waals surface area (Å²) in [5.74, 6) is -0.130. The van der Waals surface area contributed by atoms with Gasteiger partial charge < -0.3 is 5.32 Å². The molecule has 0 unspecified atom stereocenters. The van der Waals surface area contributed by atoms with E-state index in [0.717, 1.165) is 41.4 Å². The minimum absolute atomic E-state index is 0.130. The van der Waals surface area contributed by atoms with Crippen molar-refractivity contribution in [2.24, 2.45) is 0 Å². The van der Waals surface area contributed by atoms with E-state index in [4.69, 9.17) is 0 Å². The van der Waals surface area contributed by atoms with Crippen molar-refractivity contribution in [1.29, 1.82) is 0 Å². The summed E-state index contributed by atoms with van der Waals surface area (Å²) in [4.78, 5) is 21.5. The molecule has 3 rings (SSSR count). The van der Waals surface area contributed by atoms with Gasteiger partial charge in [0.2, 0.25) is 15.9 Å². The lowest BCUT2D eigenvalue weighted by molar-refractivity contribution is -0.116. The Morgan fingerprint density at radius 3 is 2.23 bits per heavy atom. The predicted octanol–water partition coefficient (Wildman–Crippen LogP) is 3.56. The molecule has 0 spiro atoms. The molecule has 0 radical (unpaired) electrons. The van der Waals surface area contributed by atoms with Gasteiger partial charge in [-0.1, -0.05) is 18.2 Å². The van der Waals surface area contributed by atoms with Gasteiger partial charge in [0.1, 0.15) is 0 Å². The Bertz CT molecular complexity index is 978. The normalized spacial score (nSPS) is 15.2. The molecule has 1 aliphatic rings. The molecule has 1 aromatic heterocycles. The number of carbonyl (C=O) groups is 1. The number of nitrogens with zero attached hydrogens (tertiary/aromatic N) is 3. The first kappa shape index (κ1) is 22.7. The second kappa shape index (κ2) is 9.89. The molecular formula is C21H28N4O3S2. The van der Waals surface area contributed by atoms with Gasteiger partial charge in [-0.25, -0.2) is 18.4 Å². The molecule has 1 saturated heterocycles. The summed E-state index contributed by atoms with van der Waals surface area (Å²) < 4.78 is 27.0. The molecule has 2 aromatic rings. The van der Waals surface area contributed by atoms with Crippen LogP contribution in [0.15, 0.2) is 34.3 Å². The maximum atomic E-state index is 12.7. The maximum Gasteiger partial charge on any atom is 0.243 e. The molecule has 9 heteroatoms. The highest BCUT2D eigenvalue weighted by molar-refractivity contribution is 7.98. The number of anilines is 1. The zero-order valence-electron chi connectivity index (χ0n) is 17.6. The van der Waals surface area contributed by atoms with Gasteiger partial charge in [0.05, 0.1) is 4.90 Å². The van der Waals surface area contributed by atoms with Crippen LogP contribution in [0.1, 0.15) is 42.6 Å². The maximum absolute atomic E-state index is 12.7. The number of sulfonamides is 1. The van der Waals surface area contributed by atoms with Crippen molar-refractivity contribution in [2.45, 2.75) is 56.0 Å². The van der Waals surface area contributed by atoms with E-state index in [1.54, 1.807) is 28.6 Å². The van der Waals surface area contributed by atoms with Gasteiger partial charge in [0, 0.05) is 36.6 Å². The Balaban J connectivity index is 1.60. The molecule has 1 aromatic carbocycles. The lowest BCUT2D eigenvalue weighted by atomic mass is 10.1. The third-order valence-electron chi connectivity index (χ3n) is 5.28. The number of hydrogen-bond acceptors (Lipinski definition) is 6. The van der Waals surface area contributed by atoms with Crippen molar-refractivity contribution in [3.63, 3.8) is 0 Å². The van der Waals surface area contributed by atoms with Crippen molar-refractivity contribution in [2.75, 3.05) is 24.7 Å². The molecule has 30 heavy (non-hydrogen) atoms. The second-order valence-corrected chi connectivity index (χ2v) is 10.1. The SMILES string of the molecule is CSc1nc(C)c(CCC(=O)Nc2ccc(S(=O)(=O)N3CCCCC3)cc2)c(C)n1. The van der Waals surface area contributed by atoms with Crippen molar-refractivity contribution >= 4 is 33.4 Å². The first-order chi connectivity index (χ1) is 14.3. The highest BCUT2D eigenvalue weighted by atomic mass is 32.2. The van der Waals surface area contributed by atoms with Crippen LogP contribution < -0.4 is 5.32 Å². The first-order valence-corrected chi connectivity index (χ1v) is 12.8. The number of nitrogens with one attached hydrogen (secondary N) is 1. The molecule has 1 amide bonds. The number of thioether (sulfide) groups is 1. The number of amides is 1. The molecule has 162 valence electrons. The Hall–Kier alpha value is -1.97. The van der Waals surface area contributed by atoms with Gasteiger partial charge in [-0.2, -0.15) is 4.31 Å². The highest BCUT2D eigenvalue weighted by Crippen LogP contribution is 2.22. The summed E-state index contributed by atoms with van der Waals surface area (Å²) >= 11 is 1.50. The lowest BCUT2D eigenvalue weighted by Gasteiger charge is -2.25. The fourth-order valence-corrected chi connectivity index (χ4v) is 5.56. The summed E-state index contributed by atoms with van der Waals surface area (Å²) in [5.41, 5.74) is 3.37. The second-order valence-electron chi connectivity index (χ2n) is 7.40. The summed E-state index contributed by atoms with van der Waals surface area (Å²) in [6.45, 7) is 5.01. The van der Waals surface area contributed by atoms with Crippen LogP contribution in [0.2, 0.25) is 0 Å². The van der Waals surface area contributed by atoms with E-state index in [1.165, 1.54) is 11.8 Å². The number of aromatic nitrogens is 2. The number of piperidine rings is 1. The van der Waals surface area contributed by atoms with E-state index >= 15 is 0 Å². The van der Waals surface area contributed by atoms with Gasteiger partial charge in [0.25, 0.3) is 0 Å². The lowest BCUT2D eigenvalue weighted by Crippen LogP contribution is -2.35. The molecule has 0 aliphatic carbocycles. The van der Waals surface area contributed by atoms with Crippen molar-refractivity contribution < 1.29 is 13.2 Å². The van der Waals surface area contributed by atoms with Gasteiger partial charge in [-0.3, -0.25) is 4.79 Å². The van der Waals surface area contributed by atoms with E-state index in [2.05, 4.69) is 15.3 Å². The Morgan fingerprint density at radius 2 is 1.67 bits per heavy atom. The van der Waals surface area contributed by atoms with Gasteiger partial charge in [0.15, 0.2) is 5.16 Å². The van der Waals surface area contributed by atoms with Gasteiger partial charge >= 0.3 is 0 Å². The number of carbonyl (C=O) groups excluding carboxylic acids is 1. The Morgan fingerprint density at radius 1 is 1.07 bits per heavy atom. The van der Waals surface area contributed by atoms with Gasteiger partial charge in [-0.15, -0.1) is 0 Å². The van der Waals surface area contributed by atoms with Crippen LogP contribution in [0, 0.1) is 13.8 Å². The first-order valence-electron chi connectivity index (χ1n) is 10.1. The fourth-order valence-electron chi connectivity index (χ4n) is 3.59. The highest BCUT2D eigenvalue weighted by Gasteiger charge is 2.25. The average molecular weight is 449 g/mol. The summed E-state index contributed by atoms with van der Waals surface area (Å²) in [6, 6.07) is 6.40. The van der Waals surface area contributed by atoms with Gasteiger partial charge in [-0.05, 0) is 69.2 Å². The van der Waals surface area contributed by atoms with Crippen molar-refractivity contribution in [1.82, 2.24) is 14.3 Å². The smallest absolute Gasteiger partial charge is 0.243 e. The van der Waals surface area contributed by atoms with Crippen LogP contribution in [0.5, 0.6) is 0 Å². The summed E-state index contributed by atoms with van der Waals surface area (Å²) in [6.07, 6.45) is 5.67. The number of hydrogen-bond donors (Lipinski definition) is 1. The summed E-state index contributed by atoms with van der Waals surface area (Å²) in [7, 11) is -3.46. The van der Waals surface area contributed by atoms with Crippen LogP contribution in [-0.4, -0.2) is 47.9 Å². The Kier molecular flexibility index (Phi) is 7.49. The van der Waals surface area contributed by atoms with E-state index < -0.39 is 10.0 Å². The third-order valence-corrected chi connectivity index (χ3v) is 7.74. The minimum atomic E-state index is -3.46. The Labute approximate surface area is 182 Å². The van der Waals surface area contributed by atoms with E-state index in [0.29, 0.717) is 31.6 Å². The standard InChI is InChI=1S/C21H28N4O3S2/c1-15-19(16(2)23-21(22-15)29-3)11-12-20(26)24-17-7-9-18(10-8-17)30(27,28)25-13-5-4-6-14-25/h7-10H,4-6,11-14H2,1-3H3,(H,24,26). The van der Waals surface area contributed by atoms with Crippen LogP contribution in [0.4, 0.5) is 5.69 Å². The molecular weight excluding hydrogens is 420 g/mol.